The Labute approximate surface area is 158 Å². The Morgan fingerprint density at radius 2 is 1.77 bits per heavy atom. The van der Waals surface area contributed by atoms with Crippen molar-refractivity contribution in [2.24, 2.45) is 17.3 Å². The first-order valence-corrected chi connectivity index (χ1v) is 9.59. The molecule has 138 valence electrons. The van der Waals surface area contributed by atoms with Gasteiger partial charge in [0, 0.05) is 6.54 Å². The Morgan fingerprint density at radius 1 is 1.04 bits per heavy atom. The van der Waals surface area contributed by atoms with Crippen LogP contribution in [-0.2, 0) is 0 Å². The fourth-order valence-electron chi connectivity index (χ4n) is 3.79. The average Bonchev–Trinajstić information content (AvgIpc) is 2.66. The first-order chi connectivity index (χ1) is 12.4. The molecule has 2 nitrogen and oxygen atoms in total. The highest BCUT2D eigenvalue weighted by Crippen LogP contribution is 2.44. The number of rotatable bonds is 5. The summed E-state index contributed by atoms with van der Waals surface area (Å²) in [5, 5.41) is 3.63. The summed E-state index contributed by atoms with van der Waals surface area (Å²) in [4.78, 5) is 0. The second-order valence-corrected chi connectivity index (χ2v) is 8.09. The molecule has 0 saturated heterocycles. The molecule has 0 aliphatic heterocycles. The fraction of sp³-hybridized carbons (Fsp3) is 0.417. The summed E-state index contributed by atoms with van der Waals surface area (Å²) < 4.78 is 5.58. The van der Waals surface area contributed by atoms with Crippen LogP contribution in [0, 0.1) is 17.3 Å². The Morgan fingerprint density at radius 3 is 2.46 bits per heavy atom. The summed E-state index contributed by atoms with van der Waals surface area (Å²) in [6.07, 6.45) is 3.59. The molecule has 2 atom stereocenters. The minimum atomic E-state index is 0.335. The molecule has 0 unspecified atom stereocenters. The van der Waals surface area contributed by atoms with Gasteiger partial charge in [0.1, 0.15) is 5.75 Å². The van der Waals surface area contributed by atoms with Gasteiger partial charge in [0.2, 0.25) is 0 Å². The summed E-state index contributed by atoms with van der Waals surface area (Å²) in [7, 11) is 1.73. The van der Waals surface area contributed by atoms with Gasteiger partial charge in [-0.05, 0) is 46.9 Å². The van der Waals surface area contributed by atoms with E-state index >= 15 is 0 Å². The standard InChI is InChI=1S/C24H31NO/c1-17-11-12-21(18(2)24(17,3)4)16-25-22-15-20(13-14-23(22)26-5)19-9-7-6-8-10-19/h6-10,12-15,17-18,25H,11,16H2,1-5H3/t17-,18+/m1/s1. The van der Waals surface area contributed by atoms with Crippen molar-refractivity contribution in [3.05, 3.63) is 60.2 Å². The van der Waals surface area contributed by atoms with E-state index in [4.69, 9.17) is 4.74 Å². The fourth-order valence-corrected chi connectivity index (χ4v) is 3.79. The number of hydrogen-bond donors (Lipinski definition) is 1. The molecular weight excluding hydrogens is 318 g/mol. The summed E-state index contributed by atoms with van der Waals surface area (Å²) in [6.45, 7) is 10.4. The van der Waals surface area contributed by atoms with Crippen LogP contribution >= 0.6 is 0 Å². The van der Waals surface area contributed by atoms with Crippen LogP contribution in [0.2, 0.25) is 0 Å². The van der Waals surface area contributed by atoms with Crippen molar-refractivity contribution in [1.29, 1.82) is 0 Å². The van der Waals surface area contributed by atoms with E-state index in [9.17, 15) is 0 Å². The van der Waals surface area contributed by atoms with Crippen LogP contribution in [0.1, 0.15) is 34.1 Å². The number of ether oxygens (including phenoxy) is 1. The molecule has 0 saturated carbocycles. The molecule has 2 heteroatoms. The van der Waals surface area contributed by atoms with Crippen molar-refractivity contribution >= 4 is 5.69 Å². The molecule has 0 radical (unpaired) electrons. The molecule has 1 aliphatic rings. The maximum absolute atomic E-state index is 5.58. The zero-order chi connectivity index (χ0) is 18.7. The van der Waals surface area contributed by atoms with E-state index in [0.29, 0.717) is 11.3 Å². The third kappa shape index (κ3) is 3.65. The molecule has 1 aliphatic carbocycles. The van der Waals surface area contributed by atoms with Crippen molar-refractivity contribution < 1.29 is 4.74 Å². The van der Waals surface area contributed by atoms with E-state index < -0.39 is 0 Å². The lowest BCUT2D eigenvalue weighted by atomic mass is 9.63. The first-order valence-electron chi connectivity index (χ1n) is 9.59. The van der Waals surface area contributed by atoms with Gasteiger partial charge < -0.3 is 10.1 Å². The van der Waals surface area contributed by atoms with Gasteiger partial charge >= 0.3 is 0 Å². The quantitative estimate of drug-likeness (QED) is 0.630. The molecule has 0 bridgehead atoms. The van der Waals surface area contributed by atoms with Crippen molar-refractivity contribution in [2.75, 3.05) is 19.0 Å². The van der Waals surface area contributed by atoms with Crippen LogP contribution in [0.5, 0.6) is 5.75 Å². The Bertz CT molecular complexity index is 776. The van der Waals surface area contributed by atoms with E-state index in [-0.39, 0.29) is 0 Å². The van der Waals surface area contributed by atoms with E-state index in [1.54, 1.807) is 7.11 Å². The number of benzene rings is 2. The third-order valence-corrected chi connectivity index (χ3v) is 6.47. The smallest absolute Gasteiger partial charge is 0.141 e. The number of hydrogen-bond acceptors (Lipinski definition) is 2. The van der Waals surface area contributed by atoms with Gasteiger partial charge in [-0.1, -0.05) is 75.7 Å². The highest BCUT2D eigenvalue weighted by molar-refractivity contribution is 5.72. The minimum absolute atomic E-state index is 0.335. The van der Waals surface area contributed by atoms with Gasteiger partial charge in [0.15, 0.2) is 0 Å². The molecule has 0 heterocycles. The summed E-state index contributed by atoms with van der Waals surface area (Å²) in [6, 6.07) is 16.8. The second kappa shape index (κ2) is 7.57. The predicted octanol–water partition coefficient (Wildman–Crippen LogP) is 6.40. The van der Waals surface area contributed by atoms with E-state index in [0.717, 1.165) is 30.3 Å². The number of allylic oxidation sites excluding steroid dienone is 1. The average molecular weight is 350 g/mol. The van der Waals surface area contributed by atoms with Crippen molar-refractivity contribution in [2.45, 2.75) is 34.1 Å². The van der Waals surface area contributed by atoms with E-state index in [1.807, 2.05) is 6.07 Å². The molecule has 2 aromatic rings. The van der Waals surface area contributed by atoms with Crippen molar-refractivity contribution in [3.8, 4) is 16.9 Å². The van der Waals surface area contributed by atoms with Crippen LogP contribution in [0.3, 0.4) is 0 Å². The Kier molecular flexibility index (Phi) is 5.41. The highest BCUT2D eigenvalue weighted by Gasteiger charge is 2.36. The second-order valence-electron chi connectivity index (χ2n) is 8.09. The molecule has 0 amide bonds. The monoisotopic (exact) mass is 349 g/mol. The SMILES string of the molecule is COc1ccc(-c2ccccc2)cc1NCC1=CC[C@@H](C)C(C)(C)[C@H]1C. The van der Waals surface area contributed by atoms with Crippen LogP contribution < -0.4 is 10.1 Å². The molecule has 2 aromatic carbocycles. The van der Waals surface area contributed by atoms with Crippen LogP contribution in [0.4, 0.5) is 5.69 Å². The minimum Gasteiger partial charge on any atom is -0.495 e. The summed E-state index contributed by atoms with van der Waals surface area (Å²) in [5.41, 5.74) is 5.31. The lowest BCUT2D eigenvalue weighted by molar-refractivity contribution is 0.149. The van der Waals surface area contributed by atoms with Gasteiger partial charge in [-0.2, -0.15) is 0 Å². The maximum Gasteiger partial charge on any atom is 0.141 e. The number of methoxy groups -OCH3 is 1. The van der Waals surface area contributed by atoms with E-state index in [1.165, 1.54) is 16.7 Å². The maximum atomic E-state index is 5.58. The molecule has 0 spiro atoms. The predicted molar refractivity (Wildman–Crippen MR) is 112 cm³/mol. The lowest BCUT2D eigenvalue weighted by Gasteiger charge is -2.42. The van der Waals surface area contributed by atoms with E-state index in [2.05, 4.69) is 81.6 Å². The molecule has 26 heavy (non-hydrogen) atoms. The lowest BCUT2D eigenvalue weighted by Crippen LogP contribution is -2.35. The molecule has 1 N–H and O–H groups in total. The topological polar surface area (TPSA) is 21.3 Å². The van der Waals surface area contributed by atoms with Gasteiger partial charge in [0.25, 0.3) is 0 Å². The summed E-state index contributed by atoms with van der Waals surface area (Å²) >= 11 is 0. The number of anilines is 1. The number of nitrogens with one attached hydrogen (secondary N) is 1. The molecule has 0 aromatic heterocycles. The van der Waals surface area contributed by atoms with Gasteiger partial charge in [-0.25, -0.2) is 0 Å². The molecular formula is C24H31NO. The van der Waals surface area contributed by atoms with Gasteiger partial charge in [-0.15, -0.1) is 0 Å². The van der Waals surface area contributed by atoms with Gasteiger partial charge in [0.05, 0.1) is 12.8 Å². The highest BCUT2D eigenvalue weighted by atomic mass is 16.5. The normalized spacial score (nSPS) is 21.8. The molecule has 0 fully saturated rings. The Balaban J connectivity index is 1.81. The first kappa shape index (κ1) is 18.6. The largest absolute Gasteiger partial charge is 0.495 e. The van der Waals surface area contributed by atoms with Gasteiger partial charge in [-0.3, -0.25) is 0 Å². The zero-order valence-electron chi connectivity index (χ0n) is 16.7. The van der Waals surface area contributed by atoms with Crippen LogP contribution in [0.25, 0.3) is 11.1 Å². The van der Waals surface area contributed by atoms with Crippen LogP contribution in [0.15, 0.2) is 60.2 Å². The van der Waals surface area contributed by atoms with Crippen molar-refractivity contribution in [3.63, 3.8) is 0 Å². The Hall–Kier alpha value is -2.22. The summed E-state index contributed by atoms with van der Waals surface area (Å²) in [5.74, 6) is 2.18. The molecule has 3 rings (SSSR count). The zero-order valence-corrected chi connectivity index (χ0v) is 16.7. The van der Waals surface area contributed by atoms with Crippen molar-refractivity contribution in [1.82, 2.24) is 0 Å². The van der Waals surface area contributed by atoms with Crippen LogP contribution in [-0.4, -0.2) is 13.7 Å². The third-order valence-electron chi connectivity index (χ3n) is 6.47.